The standard InChI is InChI=1S/C15H18N2O3/c1-20-10-8-17(7-9-18)15(19)6-5-13-3-2-4-14(11-13)12-16/h2-6,11,18H,7-10H2,1H3/b6-5+. The maximum atomic E-state index is 12.0. The van der Waals surface area contributed by atoms with Gasteiger partial charge in [0.25, 0.3) is 0 Å². The van der Waals surface area contributed by atoms with Crippen molar-refractivity contribution in [3.05, 3.63) is 41.5 Å². The van der Waals surface area contributed by atoms with E-state index in [-0.39, 0.29) is 19.1 Å². The SMILES string of the molecule is COCCN(CCO)C(=O)/C=C/c1cccc(C#N)c1. The lowest BCUT2D eigenvalue weighted by atomic mass is 10.1. The van der Waals surface area contributed by atoms with Crippen LogP contribution in [-0.4, -0.2) is 49.3 Å². The molecule has 0 radical (unpaired) electrons. The number of amides is 1. The minimum atomic E-state index is -0.196. The number of rotatable bonds is 7. The molecule has 0 aromatic heterocycles. The molecule has 0 saturated heterocycles. The van der Waals surface area contributed by atoms with E-state index >= 15 is 0 Å². The van der Waals surface area contributed by atoms with Gasteiger partial charge in [0, 0.05) is 26.3 Å². The quantitative estimate of drug-likeness (QED) is 0.754. The van der Waals surface area contributed by atoms with E-state index in [1.54, 1.807) is 31.4 Å². The fraction of sp³-hybridized carbons (Fsp3) is 0.333. The smallest absolute Gasteiger partial charge is 0.246 e. The van der Waals surface area contributed by atoms with Crippen molar-refractivity contribution >= 4 is 12.0 Å². The lowest BCUT2D eigenvalue weighted by Gasteiger charge is -2.19. The van der Waals surface area contributed by atoms with E-state index in [4.69, 9.17) is 15.1 Å². The van der Waals surface area contributed by atoms with Gasteiger partial charge in [-0.15, -0.1) is 0 Å². The van der Waals surface area contributed by atoms with Gasteiger partial charge in [-0.1, -0.05) is 12.1 Å². The van der Waals surface area contributed by atoms with Gasteiger partial charge < -0.3 is 14.7 Å². The molecule has 106 valence electrons. The van der Waals surface area contributed by atoms with Crippen LogP contribution in [0, 0.1) is 11.3 Å². The number of hydrogen-bond donors (Lipinski definition) is 1. The Morgan fingerprint density at radius 1 is 1.50 bits per heavy atom. The summed E-state index contributed by atoms with van der Waals surface area (Å²) in [6, 6.07) is 9.03. The summed E-state index contributed by atoms with van der Waals surface area (Å²) in [6.45, 7) is 1.03. The predicted molar refractivity (Wildman–Crippen MR) is 75.7 cm³/mol. The molecule has 1 rings (SSSR count). The second-order valence-electron chi connectivity index (χ2n) is 4.11. The number of ether oxygens (including phenoxy) is 1. The second-order valence-corrected chi connectivity index (χ2v) is 4.11. The molecule has 0 unspecified atom stereocenters. The third-order valence-electron chi connectivity index (χ3n) is 2.68. The van der Waals surface area contributed by atoms with E-state index < -0.39 is 0 Å². The van der Waals surface area contributed by atoms with Crippen LogP contribution in [0.2, 0.25) is 0 Å². The van der Waals surface area contributed by atoms with Gasteiger partial charge in [0.15, 0.2) is 0 Å². The summed E-state index contributed by atoms with van der Waals surface area (Å²) in [4.78, 5) is 13.5. The number of aliphatic hydroxyl groups is 1. The number of carbonyl (C=O) groups excluding carboxylic acids is 1. The van der Waals surface area contributed by atoms with Crippen molar-refractivity contribution in [3.8, 4) is 6.07 Å². The summed E-state index contributed by atoms with van der Waals surface area (Å²) >= 11 is 0. The van der Waals surface area contributed by atoms with Gasteiger partial charge in [0.05, 0.1) is 24.8 Å². The first-order valence-corrected chi connectivity index (χ1v) is 6.28. The molecule has 0 aliphatic heterocycles. The van der Waals surface area contributed by atoms with E-state index in [9.17, 15) is 4.79 Å². The van der Waals surface area contributed by atoms with Crippen LogP contribution in [0.25, 0.3) is 6.08 Å². The van der Waals surface area contributed by atoms with Gasteiger partial charge in [-0.2, -0.15) is 5.26 Å². The van der Waals surface area contributed by atoms with Crippen LogP contribution in [0.3, 0.4) is 0 Å². The zero-order valence-corrected chi connectivity index (χ0v) is 11.5. The molecule has 0 aliphatic rings. The van der Waals surface area contributed by atoms with Crippen molar-refractivity contribution in [2.45, 2.75) is 0 Å². The summed E-state index contributed by atoms with van der Waals surface area (Å²) in [7, 11) is 1.56. The highest BCUT2D eigenvalue weighted by Gasteiger charge is 2.09. The monoisotopic (exact) mass is 274 g/mol. The van der Waals surface area contributed by atoms with E-state index in [2.05, 4.69) is 0 Å². The predicted octanol–water partition coefficient (Wildman–Crippen LogP) is 1.04. The van der Waals surface area contributed by atoms with Gasteiger partial charge in [-0.05, 0) is 23.8 Å². The van der Waals surface area contributed by atoms with E-state index in [0.29, 0.717) is 18.7 Å². The number of nitrogens with zero attached hydrogens (tertiary/aromatic N) is 2. The van der Waals surface area contributed by atoms with Crippen molar-refractivity contribution in [2.24, 2.45) is 0 Å². The van der Waals surface area contributed by atoms with Crippen molar-refractivity contribution < 1.29 is 14.6 Å². The average molecular weight is 274 g/mol. The topological polar surface area (TPSA) is 73.6 Å². The van der Waals surface area contributed by atoms with Crippen LogP contribution >= 0.6 is 0 Å². The number of aliphatic hydroxyl groups excluding tert-OH is 1. The molecule has 0 spiro atoms. The molecule has 0 bridgehead atoms. The van der Waals surface area contributed by atoms with Crippen LogP contribution in [-0.2, 0) is 9.53 Å². The molecule has 1 amide bonds. The van der Waals surface area contributed by atoms with Gasteiger partial charge in [-0.25, -0.2) is 0 Å². The molecular formula is C15H18N2O3. The Balaban J connectivity index is 2.70. The fourth-order valence-corrected chi connectivity index (χ4v) is 1.64. The Hall–Kier alpha value is -2.16. The third kappa shape index (κ3) is 5.22. The van der Waals surface area contributed by atoms with E-state index in [0.717, 1.165) is 5.56 Å². The van der Waals surface area contributed by atoms with Gasteiger partial charge in [0.2, 0.25) is 5.91 Å². The molecule has 0 fully saturated rings. The first-order chi connectivity index (χ1) is 9.71. The van der Waals surface area contributed by atoms with Crippen LogP contribution in [0.4, 0.5) is 0 Å². The van der Waals surface area contributed by atoms with Gasteiger partial charge in [0.1, 0.15) is 0 Å². The molecular weight excluding hydrogens is 256 g/mol. The highest BCUT2D eigenvalue weighted by molar-refractivity contribution is 5.91. The summed E-state index contributed by atoms with van der Waals surface area (Å²) in [5, 5.41) is 17.7. The molecule has 1 N–H and O–H groups in total. The molecule has 0 heterocycles. The number of hydrogen-bond acceptors (Lipinski definition) is 4. The lowest BCUT2D eigenvalue weighted by molar-refractivity contribution is -0.127. The molecule has 0 aliphatic carbocycles. The van der Waals surface area contributed by atoms with Crippen LogP contribution in [0.5, 0.6) is 0 Å². The van der Waals surface area contributed by atoms with Crippen molar-refractivity contribution in [2.75, 3.05) is 33.4 Å². The zero-order chi connectivity index (χ0) is 14.8. The Bertz CT molecular complexity index is 506. The number of nitriles is 1. The molecule has 0 saturated carbocycles. The number of benzene rings is 1. The summed E-state index contributed by atoms with van der Waals surface area (Å²) in [5.41, 5.74) is 1.33. The Labute approximate surface area is 118 Å². The maximum Gasteiger partial charge on any atom is 0.246 e. The zero-order valence-electron chi connectivity index (χ0n) is 11.5. The van der Waals surface area contributed by atoms with Crippen molar-refractivity contribution in [1.82, 2.24) is 4.90 Å². The maximum absolute atomic E-state index is 12.0. The minimum Gasteiger partial charge on any atom is -0.395 e. The summed E-state index contributed by atoms with van der Waals surface area (Å²) in [6.07, 6.45) is 3.09. The lowest BCUT2D eigenvalue weighted by Crippen LogP contribution is -2.34. The average Bonchev–Trinajstić information content (AvgIpc) is 2.49. The van der Waals surface area contributed by atoms with Crippen molar-refractivity contribution in [1.29, 1.82) is 5.26 Å². The molecule has 5 nitrogen and oxygen atoms in total. The van der Waals surface area contributed by atoms with Crippen LogP contribution < -0.4 is 0 Å². The summed E-state index contributed by atoms with van der Waals surface area (Å²) < 4.78 is 4.93. The summed E-state index contributed by atoms with van der Waals surface area (Å²) in [5.74, 6) is -0.196. The molecule has 1 aromatic carbocycles. The van der Waals surface area contributed by atoms with Gasteiger partial charge in [-0.3, -0.25) is 4.79 Å². The highest BCUT2D eigenvalue weighted by Crippen LogP contribution is 2.06. The highest BCUT2D eigenvalue weighted by atomic mass is 16.5. The van der Waals surface area contributed by atoms with Crippen LogP contribution in [0.15, 0.2) is 30.3 Å². The number of carbonyl (C=O) groups is 1. The molecule has 20 heavy (non-hydrogen) atoms. The fourth-order valence-electron chi connectivity index (χ4n) is 1.64. The molecule has 1 aromatic rings. The molecule has 5 heteroatoms. The van der Waals surface area contributed by atoms with E-state index in [1.807, 2.05) is 12.1 Å². The minimum absolute atomic E-state index is 0.0901. The first kappa shape index (κ1) is 15.9. The largest absolute Gasteiger partial charge is 0.395 e. The molecule has 0 atom stereocenters. The van der Waals surface area contributed by atoms with Crippen LogP contribution in [0.1, 0.15) is 11.1 Å². The first-order valence-electron chi connectivity index (χ1n) is 6.28. The normalized spacial score (nSPS) is 10.4. The third-order valence-corrected chi connectivity index (χ3v) is 2.68. The Morgan fingerprint density at radius 3 is 2.95 bits per heavy atom. The Morgan fingerprint density at radius 2 is 2.30 bits per heavy atom. The Kier molecular flexibility index (Phi) is 7.04. The van der Waals surface area contributed by atoms with Gasteiger partial charge >= 0.3 is 0 Å². The second kappa shape index (κ2) is 8.86. The van der Waals surface area contributed by atoms with Crippen molar-refractivity contribution in [3.63, 3.8) is 0 Å². The van der Waals surface area contributed by atoms with E-state index in [1.165, 1.54) is 11.0 Å². The number of methoxy groups -OCH3 is 1.